The molecular formula is C36H45NP2. The topological polar surface area (TPSA) is 3.24 Å². The van der Waals surface area contributed by atoms with Gasteiger partial charge in [-0.1, -0.05) is 148 Å². The van der Waals surface area contributed by atoms with Crippen molar-refractivity contribution in [1.82, 2.24) is 4.44 Å². The van der Waals surface area contributed by atoms with E-state index < -0.39 is 16.1 Å². The molecule has 4 aromatic carbocycles. The summed E-state index contributed by atoms with van der Waals surface area (Å²) in [5, 5.41) is 2.96. The minimum atomic E-state index is -0.634. The van der Waals surface area contributed by atoms with Crippen molar-refractivity contribution >= 4 is 26.8 Å². The van der Waals surface area contributed by atoms with Crippen LogP contribution in [0.4, 0.5) is 0 Å². The molecular weight excluding hydrogens is 508 g/mol. The van der Waals surface area contributed by atoms with Crippen molar-refractivity contribution in [2.24, 2.45) is 0 Å². The minimum absolute atomic E-state index is 0.439. The highest BCUT2D eigenvalue weighted by atomic mass is 31.2. The minimum Gasteiger partial charge on any atom is -0.251 e. The Morgan fingerprint density at radius 2 is 1.05 bits per heavy atom. The first-order valence-corrected chi connectivity index (χ1v) is 17.5. The fourth-order valence-corrected chi connectivity index (χ4v) is 13.0. The standard InChI is InChI=1S/C34H39NP2.C2H6/c1-4-5-26-35(36(31-20-16-27(2)17-21-31)32-22-18-28(3)19-23-32)37-33(29-12-8-6-9-13-29)24-25-34(37)30-14-10-7-11-15-30;1-2/h6-23,33-34H,4-5,24-26H2,1-3H3;1-2H3/t33-,34-;/m1./s1. The van der Waals surface area contributed by atoms with Crippen LogP contribution in [0.2, 0.25) is 0 Å². The van der Waals surface area contributed by atoms with Crippen LogP contribution in [0.1, 0.15) is 80.0 Å². The van der Waals surface area contributed by atoms with Crippen molar-refractivity contribution in [1.29, 1.82) is 0 Å². The third-order valence-electron chi connectivity index (χ3n) is 7.49. The number of nitrogens with zero attached hydrogens (tertiary/aromatic N) is 1. The summed E-state index contributed by atoms with van der Waals surface area (Å²) in [4.78, 5) is 0. The quantitative estimate of drug-likeness (QED) is 0.186. The van der Waals surface area contributed by atoms with E-state index in [-0.39, 0.29) is 0 Å². The molecule has 0 amide bonds. The smallest absolute Gasteiger partial charge is 0.0318 e. The molecule has 0 spiro atoms. The number of aryl methyl sites for hydroxylation is 2. The average molecular weight is 554 g/mol. The molecule has 0 N–H and O–H groups in total. The van der Waals surface area contributed by atoms with Crippen LogP contribution in [0, 0.1) is 13.8 Å². The Morgan fingerprint density at radius 3 is 1.44 bits per heavy atom. The largest absolute Gasteiger partial charge is 0.251 e. The van der Waals surface area contributed by atoms with Crippen molar-refractivity contribution in [2.75, 3.05) is 6.54 Å². The van der Waals surface area contributed by atoms with Crippen molar-refractivity contribution in [3.05, 3.63) is 131 Å². The summed E-state index contributed by atoms with van der Waals surface area (Å²) in [5.74, 6) is 0. The van der Waals surface area contributed by atoms with Crippen LogP contribution in [-0.4, -0.2) is 11.0 Å². The molecule has 4 aromatic rings. The lowest BCUT2D eigenvalue weighted by atomic mass is 10.0. The zero-order chi connectivity index (χ0) is 27.6. The summed E-state index contributed by atoms with van der Waals surface area (Å²) in [7, 11) is -1.07. The molecule has 0 radical (unpaired) electrons. The van der Waals surface area contributed by atoms with Gasteiger partial charge in [-0.2, -0.15) is 0 Å². The number of hydrogen-bond acceptors (Lipinski definition) is 1. The zero-order valence-electron chi connectivity index (χ0n) is 24.4. The van der Waals surface area contributed by atoms with Crippen LogP contribution < -0.4 is 10.6 Å². The number of hydrogen-bond donors (Lipinski definition) is 0. The van der Waals surface area contributed by atoms with E-state index in [2.05, 4.69) is 134 Å². The second-order valence-corrected chi connectivity index (χ2v) is 15.2. The van der Waals surface area contributed by atoms with Crippen LogP contribution >= 0.6 is 16.1 Å². The maximum absolute atomic E-state index is 3.02. The van der Waals surface area contributed by atoms with Crippen LogP contribution in [0.15, 0.2) is 109 Å². The maximum atomic E-state index is 3.02. The van der Waals surface area contributed by atoms with Crippen molar-refractivity contribution in [2.45, 2.75) is 71.6 Å². The fourth-order valence-electron chi connectivity index (χ4n) is 5.51. The third kappa shape index (κ3) is 7.27. The first-order valence-electron chi connectivity index (χ1n) is 14.7. The van der Waals surface area contributed by atoms with E-state index in [0.29, 0.717) is 11.3 Å². The van der Waals surface area contributed by atoms with Gasteiger partial charge in [0.2, 0.25) is 0 Å². The third-order valence-corrected chi connectivity index (χ3v) is 14.0. The van der Waals surface area contributed by atoms with Gasteiger partial charge in [-0.15, -0.1) is 0 Å². The lowest BCUT2D eigenvalue weighted by Crippen LogP contribution is -2.28. The summed E-state index contributed by atoms with van der Waals surface area (Å²) in [6.07, 6.45) is 4.99. The summed E-state index contributed by atoms with van der Waals surface area (Å²) < 4.78 is 3.02. The molecule has 0 aliphatic carbocycles. The summed E-state index contributed by atoms with van der Waals surface area (Å²) in [6.45, 7) is 11.9. The van der Waals surface area contributed by atoms with Gasteiger partial charge in [0.1, 0.15) is 0 Å². The molecule has 1 fully saturated rings. The predicted molar refractivity (Wildman–Crippen MR) is 176 cm³/mol. The molecule has 3 heteroatoms. The highest BCUT2D eigenvalue weighted by Crippen LogP contribution is 2.76. The number of benzene rings is 4. The fraction of sp³-hybridized carbons (Fsp3) is 0.333. The Morgan fingerprint density at radius 1 is 0.641 bits per heavy atom. The molecule has 1 nitrogen and oxygen atoms in total. The lowest BCUT2D eigenvalue weighted by molar-refractivity contribution is 0.632. The maximum Gasteiger partial charge on any atom is 0.0318 e. The Labute approximate surface area is 240 Å². The van der Waals surface area contributed by atoms with Gasteiger partial charge in [-0.3, -0.25) is 4.44 Å². The first kappa shape index (κ1) is 29.7. The van der Waals surface area contributed by atoms with Gasteiger partial charge >= 0.3 is 0 Å². The van der Waals surface area contributed by atoms with Crippen LogP contribution in [0.25, 0.3) is 0 Å². The van der Waals surface area contributed by atoms with E-state index in [1.165, 1.54) is 58.5 Å². The van der Waals surface area contributed by atoms with Crippen molar-refractivity contribution in [3.8, 4) is 0 Å². The summed E-state index contributed by atoms with van der Waals surface area (Å²) in [6, 6.07) is 41.6. The van der Waals surface area contributed by atoms with E-state index in [1.807, 2.05) is 13.8 Å². The molecule has 0 bridgehead atoms. The monoisotopic (exact) mass is 553 g/mol. The van der Waals surface area contributed by atoms with Gasteiger partial charge in [0.25, 0.3) is 0 Å². The second-order valence-electron chi connectivity index (χ2n) is 10.2. The lowest BCUT2D eigenvalue weighted by Gasteiger charge is -2.42. The van der Waals surface area contributed by atoms with Gasteiger partial charge < -0.3 is 0 Å². The molecule has 2 atom stereocenters. The first-order chi connectivity index (χ1) is 19.2. The van der Waals surface area contributed by atoms with Gasteiger partial charge in [-0.25, -0.2) is 0 Å². The van der Waals surface area contributed by atoms with Crippen molar-refractivity contribution < 1.29 is 0 Å². The molecule has 0 saturated carbocycles. The summed E-state index contributed by atoms with van der Waals surface area (Å²) >= 11 is 0. The van der Waals surface area contributed by atoms with E-state index >= 15 is 0 Å². The van der Waals surface area contributed by atoms with Gasteiger partial charge in [0.15, 0.2) is 0 Å². The molecule has 1 aliphatic rings. The van der Waals surface area contributed by atoms with Crippen molar-refractivity contribution in [3.63, 3.8) is 0 Å². The zero-order valence-corrected chi connectivity index (χ0v) is 26.2. The molecule has 1 aliphatic heterocycles. The van der Waals surface area contributed by atoms with E-state index in [9.17, 15) is 0 Å². The molecule has 5 rings (SSSR count). The highest BCUT2D eigenvalue weighted by Gasteiger charge is 2.44. The molecule has 0 unspecified atom stereocenters. The molecule has 204 valence electrons. The number of unbranched alkanes of at least 4 members (excludes halogenated alkanes) is 1. The van der Waals surface area contributed by atoms with Crippen LogP contribution in [-0.2, 0) is 0 Å². The van der Waals surface area contributed by atoms with Gasteiger partial charge in [-0.05, 0) is 62.9 Å². The molecule has 1 heterocycles. The normalized spacial score (nSPS) is 17.3. The van der Waals surface area contributed by atoms with Gasteiger partial charge in [0.05, 0.1) is 0 Å². The van der Waals surface area contributed by atoms with E-state index in [4.69, 9.17) is 0 Å². The van der Waals surface area contributed by atoms with E-state index in [0.717, 1.165) is 6.54 Å². The Balaban J connectivity index is 0.00000172. The predicted octanol–water partition coefficient (Wildman–Crippen LogP) is 10.5. The van der Waals surface area contributed by atoms with Crippen LogP contribution in [0.5, 0.6) is 0 Å². The van der Waals surface area contributed by atoms with E-state index in [1.54, 1.807) is 0 Å². The van der Waals surface area contributed by atoms with Gasteiger partial charge in [0, 0.05) is 25.9 Å². The number of rotatable bonds is 9. The highest BCUT2D eigenvalue weighted by molar-refractivity contribution is 7.79. The molecule has 39 heavy (non-hydrogen) atoms. The second kappa shape index (κ2) is 14.9. The Bertz CT molecular complexity index is 1150. The van der Waals surface area contributed by atoms with Crippen LogP contribution in [0.3, 0.4) is 0 Å². The Kier molecular flexibility index (Phi) is 11.3. The summed E-state index contributed by atoms with van der Waals surface area (Å²) in [5.41, 5.74) is 6.91. The average Bonchev–Trinajstić information content (AvgIpc) is 3.44. The SMILES string of the molecule is CC.CCCCN(P(c1ccc(C)cc1)c1ccc(C)cc1)P1[C@@H](c2ccccc2)CC[C@@H]1c1ccccc1. The Hall–Kier alpha value is -2.30. The molecule has 0 aromatic heterocycles. The molecule has 1 saturated heterocycles.